The lowest BCUT2D eigenvalue weighted by Gasteiger charge is -2.35. The standard InChI is InChI=1S/C27H37F2N7O3/c1-34(2)14-8-13-30-24(37)18-11-12-20(22(15-18)39-4)32-26-31-16-21-23(33-26)36(19-9-6-5-7-10-19)17-27(28,29)25(38)35(21)3/h11-12,15-16,19H,5-10,13-14,17H2,1-4H3,(H,30,37)(H,31,32,33). The third kappa shape index (κ3) is 6.55. The Morgan fingerprint density at radius 2 is 1.97 bits per heavy atom. The highest BCUT2D eigenvalue weighted by molar-refractivity contribution is 6.02. The number of alkyl halides is 2. The summed E-state index contributed by atoms with van der Waals surface area (Å²) in [7, 11) is 6.77. The molecule has 2 N–H and O–H groups in total. The van der Waals surface area contributed by atoms with Crippen molar-refractivity contribution in [2.45, 2.75) is 50.5 Å². The number of anilines is 4. The van der Waals surface area contributed by atoms with Crippen molar-refractivity contribution < 1.29 is 23.1 Å². The highest BCUT2D eigenvalue weighted by atomic mass is 19.3. The Labute approximate surface area is 227 Å². The highest BCUT2D eigenvalue weighted by Crippen LogP contribution is 2.39. The molecule has 1 aliphatic heterocycles. The Balaban J connectivity index is 1.58. The topological polar surface area (TPSA) is 103 Å². The predicted octanol–water partition coefficient (Wildman–Crippen LogP) is 3.66. The molecular weight excluding hydrogens is 508 g/mol. The van der Waals surface area contributed by atoms with Gasteiger partial charge in [0.2, 0.25) is 5.95 Å². The van der Waals surface area contributed by atoms with E-state index in [-0.39, 0.29) is 23.6 Å². The molecule has 0 spiro atoms. The van der Waals surface area contributed by atoms with Gasteiger partial charge in [-0.3, -0.25) is 9.59 Å². The summed E-state index contributed by atoms with van der Waals surface area (Å²) in [5, 5.41) is 5.99. The minimum absolute atomic E-state index is 0.143. The number of aromatic nitrogens is 2. The van der Waals surface area contributed by atoms with Crippen LogP contribution in [0.5, 0.6) is 5.75 Å². The number of methoxy groups -OCH3 is 1. The number of carbonyl (C=O) groups is 2. The van der Waals surface area contributed by atoms with Gasteiger partial charge in [0, 0.05) is 25.2 Å². The fourth-order valence-corrected chi connectivity index (χ4v) is 5.04. The van der Waals surface area contributed by atoms with Crippen molar-refractivity contribution in [1.82, 2.24) is 20.2 Å². The molecule has 39 heavy (non-hydrogen) atoms. The van der Waals surface area contributed by atoms with E-state index in [1.807, 2.05) is 14.1 Å². The normalized spacial score (nSPS) is 17.6. The first-order valence-electron chi connectivity index (χ1n) is 13.3. The Bertz CT molecular complexity index is 1190. The summed E-state index contributed by atoms with van der Waals surface area (Å²) >= 11 is 0. The lowest BCUT2D eigenvalue weighted by molar-refractivity contribution is -0.140. The van der Waals surface area contributed by atoms with E-state index in [4.69, 9.17) is 4.74 Å². The molecule has 2 heterocycles. The van der Waals surface area contributed by atoms with Crippen molar-refractivity contribution in [3.63, 3.8) is 0 Å². The van der Waals surface area contributed by atoms with Gasteiger partial charge in [-0.1, -0.05) is 19.3 Å². The summed E-state index contributed by atoms with van der Waals surface area (Å²) in [6.45, 7) is 0.689. The molecule has 0 atom stereocenters. The molecule has 12 heteroatoms. The van der Waals surface area contributed by atoms with Gasteiger partial charge in [-0.15, -0.1) is 0 Å². The zero-order valence-corrected chi connectivity index (χ0v) is 23.0. The van der Waals surface area contributed by atoms with Gasteiger partial charge in [0.25, 0.3) is 11.8 Å². The van der Waals surface area contributed by atoms with Gasteiger partial charge in [0.15, 0.2) is 5.82 Å². The van der Waals surface area contributed by atoms with Crippen LogP contribution in [-0.4, -0.2) is 86.5 Å². The molecule has 212 valence electrons. The van der Waals surface area contributed by atoms with Crippen LogP contribution in [0.1, 0.15) is 48.9 Å². The molecule has 1 aromatic heterocycles. The molecule has 4 rings (SSSR count). The number of carbonyl (C=O) groups excluding carboxylic acids is 2. The summed E-state index contributed by atoms with van der Waals surface area (Å²) < 4.78 is 35.3. The number of ether oxygens (including phenoxy) is 1. The fraction of sp³-hybridized carbons (Fsp3) is 0.556. The number of benzene rings is 1. The number of halogens is 2. The Morgan fingerprint density at radius 3 is 2.67 bits per heavy atom. The van der Waals surface area contributed by atoms with Crippen molar-refractivity contribution in [2.24, 2.45) is 0 Å². The smallest absolute Gasteiger partial charge is 0.342 e. The zero-order valence-electron chi connectivity index (χ0n) is 23.0. The van der Waals surface area contributed by atoms with Crippen LogP contribution in [0.15, 0.2) is 24.4 Å². The van der Waals surface area contributed by atoms with Gasteiger partial charge in [-0.05, 0) is 58.1 Å². The maximum absolute atomic E-state index is 14.9. The molecule has 1 aromatic carbocycles. The summed E-state index contributed by atoms with van der Waals surface area (Å²) in [6, 6.07) is 4.83. The lowest BCUT2D eigenvalue weighted by atomic mass is 9.94. The quantitative estimate of drug-likeness (QED) is 0.461. The fourth-order valence-electron chi connectivity index (χ4n) is 5.04. The molecule has 10 nitrogen and oxygen atoms in total. The van der Waals surface area contributed by atoms with Gasteiger partial charge < -0.3 is 30.1 Å². The van der Waals surface area contributed by atoms with E-state index in [9.17, 15) is 18.4 Å². The minimum atomic E-state index is -3.55. The average molecular weight is 546 g/mol. The second-order valence-electron chi connectivity index (χ2n) is 10.3. The van der Waals surface area contributed by atoms with Crippen LogP contribution in [0.25, 0.3) is 0 Å². The van der Waals surface area contributed by atoms with Gasteiger partial charge in [0.1, 0.15) is 11.4 Å². The van der Waals surface area contributed by atoms with Crippen LogP contribution in [0.2, 0.25) is 0 Å². The summed E-state index contributed by atoms with van der Waals surface area (Å²) in [5.74, 6) is -4.18. The van der Waals surface area contributed by atoms with Crippen molar-refractivity contribution in [1.29, 1.82) is 0 Å². The largest absolute Gasteiger partial charge is 0.495 e. The number of rotatable bonds is 9. The highest BCUT2D eigenvalue weighted by Gasteiger charge is 2.48. The first kappa shape index (κ1) is 28.5. The lowest BCUT2D eigenvalue weighted by Crippen LogP contribution is -2.49. The summed E-state index contributed by atoms with van der Waals surface area (Å²) in [6.07, 6.45) is 6.67. The zero-order chi connectivity index (χ0) is 28.2. The van der Waals surface area contributed by atoms with E-state index in [2.05, 4.69) is 25.5 Å². The summed E-state index contributed by atoms with van der Waals surface area (Å²) in [5.41, 5.74) is 1.19. The molecule has 0 radical (unpaired) electrons. The van der Waals surface area contributed by atoms with E-state index >= 15 is 0 Å². The van der Waals surface area contributed by atoms with E-state index in [1.165, 1.54) is 20.4 Å². The average Bonchev–Trinajstić information content (AvgIpc) is 3.00. The van der Waals surface area contributed by atoms with E-state index in [1.54, 1.807) is 23.1 Å². The van der Waals surface area contributed by atoms with E-state index < -0.39 is 18.4 Å². The third-order valence-electron chi connectivity index (χ3n) is 7.16. The number of nitrogens with zero attached hydrogens (tertiary/aromatic N) is 5. The Hall–Kier alpha value is -3.54. The molecule has 1 aliphatic carbocycles. The van der Waals surface area contributed by atoms with Crippen LogP contribution in [0, 0.1) is 0 Å². The summed E-state index contributed by atoms with van der Waals surface area (Å²) in [4.78, 5) is 38.6. The molecule has 1 saturated carbocycles. The molecule has 0 unspecified atom stereocenters. The second-order valence-corrected chi connectivity index (χ2v) is 10.3. The molecule has 0 saturated heterocycles. The molecule has 2 aromatic rings. The van der Waals surface area contributed by atoms with Crippen molar-refractivity contribution >= 4 is 35.0 Å². The number of nitrogens with one attached hydrogen (secondary N) is 2. The first-order valence-corrected chi connectivity index (χ1v) is 13.3. The Kier molecular flexibility index (Phi) is 8.83. The predicted molar refractivity (Wildman–Crippen MR) is 146 cm³/mol. The van der Waals surface area contributed by atoms with Crippen LogP contribution >= 0.6 is 0 Å². The van der Waals surface area contributed by atoms with Gasteiger partial charge in [0.05, 0.1) is 25.5 Å². The van der Waals surface area contributed by atoms with Gasteiger partial charge >= 0.3 is 5.92 Å². The van der Waals surface area contributed by atoms with Crippen molar-refractivity contribution in [3.8, 4) is 5.75 Å². The maximum atomic E-state index is 14.9. The number of hydrogen-bond acceptors (Lipinski definition) is 8. The molecule has 2 amide bonds. The minimum Gasteiger partial charge on any atom is -0.495 e. The van der Waals surface area contributed by atoms with Crippen LogP contribution in [0.3, 0.4) is 0 Å². The number of hydrogen-bond donors (Lipinski definition) is 2. The van der Waals surface area contributed by atoms with E-state index in [0.717, 1.165) is 50.0 Å². The monoisotopic (exact) mass is 545 g/mol. The SMILES string of the molecule is COc1cc(C(=O)NCCCN(C)C)ccc1Nc1ncc2c(n1)N(C1CCCCC1)CC(F)(F)C(=O)N2C. The Morgan fingerprint density at radius 1 is 1.23 bits per heavy atom. The van der Waals surface area contributed by atoms with Crippen LogP contribution < -0.4 is 25.2 Å². The van der Waals surface area contributed by atoms with Crippen molar-refractivity contribution in [2.75, 3.05) is 63.0 Å². The molecule has 2 aliphatic rings. The van der Waals surface area contributed by atoms with Crippen molar-refractivity contribution in [3.05, 3.63) is 30.0 Å². The second kappa shape index (κ2) is 12.1. The first-order chi connectivity index (χ1) is 18.6. The number of fused-ring (bicyclic) bond motifs is 1. The third-order valence-corrected chi connectivity index (χ3v) is 7.16. The molecular formula is C27H37F2N7O3. The molecule has 1 fully saturated rings. The molecule has 0 bridgehead atoms. The van der Waals surface area contributed by atoms with Crippen LogP contribution in [0.4, 0.5) is 31.9 Å². The van der Waals surface area contributed by atoms with Crippen LogP contribution in [-0.2, 0) is 4.79 Å². The van der Waals surface area contributed by atoms with Gasteiger partial charge in [-0.2, -0.15) is 13.8 Å². The number of amides is 2. The van der Waals surface area contributed by atoms with E-state index in [0.29, 0.717) is 29.4 Å². The van der Waals surface area contributed by atoms with Gasteiger partial charge in [-0.25, -0.2) is 4.98 Å². The maximum Gasteiger partial charge on any atom is 0.342 e.